The molecule has 0 unspecified atom stereocenters. The highest BCUT2D eigenvalue weighted by Gasteiger charge is 2.14. The number of hydrogen-bond acceptors (Lipinski definition) is 2. The van der Waals surface area contributed by atoms with E-state index in [0.29, 0.717) is 18.3 Å². The lowest BCUT2D eigenvalue weighted by Crippen LogP contribution is -1.98. The number of aromatic nitrogens is 2. The van der Waals surface area contributed by atoms with E-state index in [-0.39, 0.29) is 16.4 Å². The Bertz CT molecular complexity index is 602. The molecule has 0 radical (unpaired) electrons. The molecule has 2 aromatic rings. The first-order valence-electron chi connectivity index (χ1n) is 5.19. The lowest BCUT2D eigenvalue weighted by atomic mass is 10.1. The molecule has 6 heteroatoms. The van der Waals surface area contributed by atoms with Gasteiger partial charge in [0.05, 0.1) is 5.69 Å². The molecule has 0 fully saturated rings. The van der Waals surface area contributed by atoms with Gasteiger partial charge in [-0.05, 0) is 6.07 Å². The number of halogens is 4. The third-order valence-electron chi connectivity index (χ3n) is 2.34. The summed E-state index contributed by atoms with van der Waals surface area (Å²) >= 11 is 5.76. The summed E-state index contributed by atoms with van der Waals surface area (Å²) in [6, 6.07) is 2.53. The van der Waals surface area contributed by atoms with Crippen molar-refractivity contribution >= 4 is 11.6 Å². The number of benzene rings is 1. The summed E-state index contributed by atoms with van der Waals surface area (Å²) in [5.74, 6) is -2.88. The average Bonchev–Trinajstić information content (AvgIpc) is 2.33. The van der Waals surface area contributed by atoms with Gasteiger partial charge >= 0.3 is 0 Å². The van der Waals surface area contributed by atoms with E-state index < -0.39 is 17.5 Å². The standard InChI is InChI=1S/C12H8ClF3N2/c1-2-12-17-10(5-11(13)18-12)6-3-8(15)9(16)4-7(6)14/h3-5H,2H2,1H3. The zero-order valence-corrected chi connectivity index (χ0v) is 10.1. The molecule has 0 N–H and O–H groups in total. The van der Waals surface area contributed by atoms with E-state index in [0.717, 1.165) is 6.07 Å². The van der Waals surface area contributed by atoms with E-state index in [1.54, 1.807) is 6.92 Å². The first-order valence-corrected chi connectivity index (χ1v) is 5.57. The predicted molar refractivity (Wildman–Crippen MR) is 61.7 cm³/mol. The highest BCUT2D eigenvalue weighted by atomic mass is 35.5. The van der Waals surface area contributed by atoms with Crippen molar-refractivity contribution in [2.45, 2.75) is 13.3 Å². The van der Waals surface area contributed by atoms with Crippen molar-refractivity contribution in [1.29, 1.82) is 0 Å². The zero-order valence-electron chi connectivity index (χ0n) is 9.35. The third kappa shape index (κ3) is 2.46. The minimum atomic E-state index is -1.24. The number of nitrogens with zero attached hydrogens (tertiary/aromatic N) is 2. The molecule has 1 aromatic carbocycles. The largest absolute Gasteiger partial charge is 0.233 e. The van der Waals surface area contributed by atoms with E-state index in [2.05, 4.69) is 9.97 Å². The molecule has 1 heterocycles. The van der Waals surface area contributed by atoms with Gasteiger partial charge in [-0.2, -0.15) is 0 Å². The normalized spacial score (nSPS) is 10.7. The van der Waals surface area contributed by atoms with Crippen molar-refractivity contribution in [2.75, 3.05) is 0 Å². The van der Waals surface area contributed by atoms with Crippen LogP contribution in [0, 0.1) is 17.5 Å². The van der Waals surface area contributed by atoms with Crippen LogP contribution in [0.15, 0.2) is 18.2 Å². The van der Waals surface area contributed by atoms with Crippen molar-refractivity contribution in [2.24, 2.45) is 0 Å². The molecule has 0 spiro atoms. The van der Waals surface area contributed by atoms with Crippen molar-refractivity contribution in [3.63, 3.8) is 0 Å². The SMILES string of the molecule is CCc1nc(Cl)cc(-c2cc(F)c(F)cc2F)n1. The molecule has 0 bridgehead atoms. The Balaban J connectivity index is 2.61. The number of aryl methyl sites for hydroxylation is 1. The van der Waals surface area contributed by atoms with Gasteiger partial charge in [0, 0.05) is 24.1 Å². The Morgan fingerprint density at radius 1 is 1.00 bits per heavy atom. The third-order valence-corrected chi connectivity index (χ3v) is 2.54. The fraction of sp³-hybridized carbons (Fsp3) is 0.167. The van der Waals surface area contributed by atoms with Crippen molar-refractivity contribution in [1.82, 2.24) is 9.97 Å². The molecule has 18 heavy (non-hydrogen) atoms. The zero-order chi connectivity index (χ0) is 13.3. The van der Waals surface area contributed by atoms with Crippen LogP contribution in [0.5, 0.6) is 0 Å². The Morgan fingerprint density at radius 2 is 1.67 bits per heavy atom. The van der Waals surface area contributed by atoms with Crippen LogP contribution in [0.1, 0.15) is 12.7 Å². The number of hydrogen-bond donors (Lipinski definition) is 0. The lowest BCUT2D eigenvalue weighted by molar-refractivity contribution is 0.496. The second-order valence-electron chi connectivity index (χ2n) is 3.59. The maximum atomic E-state index is 13.6. The summed E-state index contributed by atoms with van der Waals surface area (Å²) in [6.45, 7) is 1.80. The Kier molecular flexibility index (Phi) is 3.52. The summed E-state index contributed by atoms with van der Waals surface area (Å²) in [4.78, 5) is 7.94. The Labute approximate surface area is 106 Å². The monoisotopic (exact) mass is 272 g/mol. The van der Waals surface area contributed by atoms with Gasteiger partial charge in [0.25, 0.3) is 0 Å². The van der Waals surface area contributed by atoms with Gasteiger partial charge in [-0.15, -0.1) is 0 Å². The van der Waals surface area contributed by atoms with Crippen LogP contribution in [-0.2, 0) is 6.42 Å². The topological polar surface area (TPSA) is 25.8 Å². The minimum absolute atomic E-state index is 0.126. The highest BCUT2D eigenvalue weighted by Crippen LogP contribution is 2.25. The van der Waals surface area contributed by atoms with Crippen LogP contribution < -0.4 is 0 Å². The van der Waals surface area contributed by atoms with Crippen molar-refractivity contribution < 1.29 is 13.2 Å². The van der Waals surface area contributed by atoms with Gasteiger partial charge in [-0.1, -0.05) is 18.5 Å². The lowest BCUT2D eigenvalue weighted by Gasteiger charge is -2.06. The van der Waals surface area contributed by atoms with Crippen LogP contribution >= 0.6 is 11.6 Å². The minimum Gasteiger partial charge on any atom is -0.233 e. The highest BCUT2D eigenvalue weighted by molar-refractivity contribution is 6.29. The second kappa shape index (κ2) is 4.94. The van der Waals surface area contributed by atoms with Crippen molar-refractivity contribution in [3.8, 4) is 11.3 Å². The van der Waals surface area contributed by atoms with E-state index in [1.807, 2.05) is 0 Å². The molecule has 2 rings (SSSR count). The van der Waals surface area contributed by atoms with Gasteiger partial charge in [0.2, 0.25) is 0 Å². The molecule has 0 amide bonds. The van der Waals surface area contributed by atoms with Crippen LogP contribution in [0.2, 0.25) is 5.15 Å². The smallest absolute Gasteiger partial charge is 0.161 e. The first-order chi connectivity index (χ1) is 8.51. The molecule has 0 saturated carbocycles. The maximum Gasteiger partial charge on any atom is 0.161 e. The van der Waals surface area contributed by atoms with Crippen molar-refractivity contribution in [3.05, 3.63) is 46.6 Å². The summed E-state index contributed by atoms with van der Waals surface area (Å²) in [7, 11) is 0. The molecular weight excluding hydrogens is 265 g/mol. The maximum absolute atomic E-state index is 13.6. The Morgan fingerprint density at radius 3 is 2.33 bits per heavy atom. The summed E-state index contributed by atoms with van der Waals surface area (Å²) in [5.41, 5.74) is -0.0175. The Hall–Kier alpha value is -1.62. The predicted octanol–water partition coefficient (Wildman–Crippen LogP) is 3.78. The molecular formula is C12H8ClF3N2. The molecule has 0 saturated heterocycles. The summed E-state index contributed by atoms with van der Waals surface area (Å²) in [5, 5.41) is 0.126. The quantitative estimate of drug-likeness (QED) is 0.614. The van der Waals surface area contributed by atoms with Gasteiger partial charge in [0.15, 0.2) is 11.6 Å². The van der Waals surface area contributed by atoms with Crippen LogP contribution in [0.4, 0.5) is 13.2 Å². The average molecular weight is 273 g/mol. The fourth-order valence-electron chi connectivity index (χ4n) is 1.48. The molecule has 0 aliphatic carbocycles. The van der Waals surface area contributed by atoms with E-state index in [4.69, 9.17) is 11.6 Å². The molecule has 1 aromatic heterocycles. The molecule has 0 aliphatic rings. The van der Waals surface area contributed by atoms with E-state index >= 15 is 0 Å². The van der Waals surface area contributed by atoms with Gasteiger partial charge in [0.1, 0.15) is 16.8 Å². The second-order valence-corrected chi connectivity index (χ2v) is 3.98. The first kappa shape index (κ1) is 12.8. The van der Waals surface area contributed by atoms with Crippen LogP contribution in [0.3, 0.4) is 0 Å². The molecule has 94 valence electrons. The van der Waals surface area contributed by atoms with Gasteiger partial charge in [-0.25, -0.2) is 23.1 Å². The number of rotatable bonds is 2. The van der Waals surface area contributed by atoms with E-state index in [9.17, 15) is 13.2 Å². The van der Waals surface area contributed by atoms with Crippen LogP contribution in [-0.4, -0.2) is 9.97 Å². The van der Waals surface area contributed by atoms with Gasteiger partial charge < -0.3 is 0 Å². The molecule has 0 aliphatic heterocycles. The summed E-state index contributed by atoms with van der Waals surface area (Å²) in [6.07, 6.45) is 0.499. The van der Waals surface area contributed by atoms with Crippen LogP contribution in [0.25, 0.3) is 11.3 Å². The van der Waals surface area contributed by atoms with E-state index in [1.165, 1.54) is 6.07 Å². The fourth-order valence-corrected chi connectivity index (χ4v) is 1.68. The van der Waals surface area contributed by atoms with Gasteiger partial charge in [-0.3, -0.25) is 0 Å². The molecule has 0 atom stereocenters. The summed E-state index contributed by atoms with van der Waals surface area (Å²) < 4.78 is 39.5. The molecule has 2 nitrogen and oxygen atoms in total.